The molecule has 2 nitrogen and oxygen atoms in total. The summed E-state index contributed by atoms with van der Waals surface area (Å²) in [5.41, 5.74) is 3.44. The quantitative estimate of drug-likeness (QED) is 0.823. The lowest BCUT2D eigenvalue weighted by Crippen LogP contribution is -2.24. The molecule has 1 N–H and O–H groups in total. The first-order valence-electron chi connectivity index (χ1n) is 8.19. The molecule has 0 atom stereocenters. The van der Waals surface area contributed by atoms with E-state index in [9.17, 15) is 4.79 Å². The van der Waals surface area contributed by atoms with Gasteiger partial charge in [-0.05, 0) is 56.1 Å². The van der Waals surface area contributed by atoms with Crippen LogP contribution in [0.5, 0.6) is 0 Å². The van der Waals surface area contributed by atoms with Crippen LogP contribution in [0.1, 0.15) is 61.4 Å². The Bertz CT molecular complexity index is 486. The van der Waals surface area contributed by atoms with Crippen molar-refractivity contribution in [1.82, 2.24) is 0 Å². The maximum absolute atomic E-state index is 12.8. The second kappa shape index (κ2) is 5.99. The number of hydrogen-bond donors (Lipinski definition) is 1. The third-order valence-electron chi connectivity index (χ3n) is 5.16. The number of benzene rings is 1. The van der Waals surface area contributed by atoms with Crippen LogP contribution in [0.15, 0.2) is 18.2 Å². The zero-order valence-corrected chi connectivity index (χ0v) is 12.5. The molecule has 1 heterocycles. The first-order chi connectivity index (χ1) is 9.79. The number of nitrogens with one attached hydrogen (secondary N) is 1. The number of ketones is 1. The molecule has 3 rings (SSSR count). The molecular weight excluding hydrogens is 246 g/mol. The van der Waals surface area contributed by atoms with E-state index in [1.54, 1.807) is 0 Å². The van der Waals surface area contributed by atoms with Crippen molar-refractivity contribution in [3.63, 3.8) is 0 Å². The molecule has 0 amide bonds. The minimum atomic E-state index is 0.270. The average Bonchev–Trinajstić information content (AvgIpc) is 2.54. The van der Waals surface area contributed by atoms with E-state index in [1.807, 2.05) is 12.1 Å². The topological polar surface area (TPSA) is 29.1 Å². The monoisotopic (exact) mass is 271 g/mol. The molecule has 1 fully saturated rings. The van der Waals surface area contributed by atoms with Crippen molar-refractivity contribution in [2.75, 3.05) is 11.9 Å². The van der Waals surface area contributed by atoms with Crippen LogP contribution in [0, 0.1) is 11.8 Å². The smallest absolute Gasteiger partial charge is 0.166 e. The van der Waals surface area contributed by atoms with Gasteiger partial charge in [0.25, 0.3) is 0 Å². The molecule has 2 heteroatoms. The van der Waals surface area contributed by atoms with Crippen molar-refractivity contribution >= 4 is 11.5 Å². The molecule has 20 heavy (non-hydrogen) atoms. The number of Topliss-reactive ketones (excluding diaryl/α,β-unsaturated/α-hetero) is 1. The van der Waals surface area contributed by atoms with Gasteiger partial charge in [0.2, 0.25) is 0 Å². The van der Waals surface area contributed by atoms with Gasteiger partial charge in [0, 0.05) is 23.7 Å². The summed E-state index contributed by atoms with van der Waals surface area (Å²) >= 11 is 0. The maximum Gasteiger partial charge on any atom is 0.166 e. The molecule has 108 valence electrons. The standard InChI is InChI=1S/C18H25NO/c1-2-13-8-10-14(11-9-13)18(20)16-5-3-7-17-15(16)6-4-12-19-17/h3,5,7,13-14,19H,2,4,6,8-12H2,1H3. The van der Waals surface area contributed by atoms with Crippen LogP contribution in [-0.4, -0.2) is 12.3 Å². The van der Waals surface area contributed by atoms with Gasteiger partial charge in [-0.15, -0.1) is 0 Å². The van der Waals surface area contributed by atoms with Crippen molar-refractivity contribution in [1.29, 1.82) is 0 Å². The van der Waals surface area contributed by atoms with Crippen LogP contribution in [0.25, 0.3) is 0 Å². The highest BCUT2D eigenvalue weighted by Crippen LogP contribution is 2.34. The predicted octanol–water partition coefficient (Wildman–Crippen LogP) is 4.44. The number of rotatable bonds is 3. The Hall–Kier alpha value is -1.31. The highest BCUT2D eigenvalue weighted by molar-refractivity contribution is 6.00. The zero-order chi connectivity index (χ0) is 13.9. The lowest BCUT2D eigenvalue weighted by atomic mass is 9.77. The number of hydrogen-bond acceptors (Lipinski definition) is 2. The van der Waals surface area contributed by atoms with Crippen LogP contribution in [0.2, 0.25) is 0 Å². The number of carbonyl (C=O) groups excluding carboxylic acids is 1. The van der Waals surface area contributed by atoms with Crippen molar-refractivity contribution in [3.8, 4) is 0 Å². The highest BCUT2D eigenvalue weighted by Gasteiger charge is 2.28. The minimum absolute atomic E-state index is 0.270. The van der Waals surface area contributed by atoms with E-state index in [4.69, 9.17) is 0 Å². The van der Waals surface area contributed by atoms with Crippen LogP contribution >= 0.6 is 0 Å². The van der Waals surface area contributed by atoms with Crippen molar-refractivity contribution in [2.45, 2.75) is 51.9 Å². The Labute approximate surface area is 122 Å². The van der Waals surface area contributed by atoms with Crippen LogP contribution in [0.3, 0.4) is 0 Å². The van der Waals surface area contributed by atoms with Gasteiger partial charge < -0.3 is 5.32 Å². The molecule has 0 aromatic heterocycles. The van der Waals surface area contributed by atoms with Gasteiger partial charge >= 0.3 is 0 Å². The van der Waals surface area contributed by atoms with E-state index in [0.717, 1.165) is 43.7 Å². The lowest BCUT2D eigenvalue weighted by molar-refractivity contribution is 0.0870. The molecule has 1 aliphatic carbocycles. The summed E-state index contributed by atoms with van der Waals surface area (Å²) in [6, 6.07) is 6.18. The fourth-order valence-electron chi connectivity index (χ4n) is 3.79. The molecule has 0 radical (unpaired) electrons. The molecule has 1 aromatic rings. The molecule has 0 bridgehead atoms. The van der Waals surface area contributed by atoms with Gasteiger partial charge in [-0.25, -0.2) is 0 Å². The first kappa shape index (κ1) is 13.7. The van der Waals surface area contributed by atoms with Crippen LogP contribution in [0.4, 0.5) is 5.69 Å². The summed E-state index contributed by atoms with van der Waals surface area (Å²) < 4.78 is 0. The molecule has 2 aliphatic rings. The maximum atomic E-state index is 12.8. The summed E-state index contributed by atoms with van der Waals surface area (Å²) in [6.45, 7) is 3.30. The third-order valence-corrected chi connectivity index (χ3v) is 5.16. The largest absolute Gasteiger partial charge is 0.385 e. The van der Waals surface area contributed by atoms with Crippen molar-refractivity contribution in [2.24, 2.45) is 11.8 Å². The SMILES string of the molecule is CCC1CCC(C(=O)c2cccc3c2CCCN3)CC1. The molecule has 1 aliphatic heterocycles. The molecule has 1 saturated carbocycles. The summed E-state index contributed by atoms with van der Waals surface area (Å²) in [6.07, 6.45) is 8.11. The number of fused-ring (bicyclic) bond motifs is 1. The summed E-state index contributed by atoms with van der Waals surface area (Å²) in [4.78, 5) is 12.8. The molecular formula is C18H25NO. The summed E-state index contributed by atoms with van der Waals surface area (Å²) in [7, 11) is 0. The van der Waals surface area contributed by atoms with Gasteiger partial charge in [-0.2, -0.15) is 0 Å². The van der Waals surface area contributed by atoms with Gasteiger partial charge in [-0.1, -0.05) is 25.5 Å². The molecule has 0 spiro atoms. The number of anilines is 1. The van der Waals surface area contributed by atoms with E-state index < -0.39 is 0 Å². The lowest BCUT2D eigenvalue weighted by Gasteiger charge is -2.28. The first-order valence-corrected chi connectivity index (χ1v) is 8.19. The number of carbonyl (C=O) groups is 1. The Morgan fingerprint density at radius 2 is 2.05 bits per heavy atom. The average molecular weight is 271 g/mol. The molecule has 0 unspecified atom stereocenters. The van der Waals surface area contributed by atoms with Crippen LogP contribution in [-0.2, 0) is 6.42 Å². The normalized spacial score (nSPS) is 25.6. The second-order valence-corrected chi connectivity index (χ2v) is 6.35. The van der Waals surface area contributed by atoms with Gasteiger partial charge in [0.05, 0.1) is 0 Å². The van der Waals surface area contributed by atoms with Gasteiger partial charge in [0.1, 0.15) is 0 Å². The van der Waals surface area contributed by atoms with Crippen LogP contribution < -0.4 is 5.32 Å². The highest BCUT2D eigenvalue weighted by atomic mass is 16.1. The second-order valence-electron chi connectivity index (χ2n) is 6.35. The fraction of sp³-hybridized carbons (Fsp3) is 0.611. The molecule has 1 aromatic carbocycles. The van der Waals surface area contributed by atoms with E-state index in [1.165, 1.54) is 30.5 Å². The fourth-order valence-corrected chi connectivity index (χ4v) is 3.79. The van der Waals surface area contributed by atoms with Crippen molar-refractivity contribution < 1.29 is 4.79 Å². The Morgan fingerprint density at radius 1 is 1.25 bits per heavy atom. The molecule has 0 saturated heterocycles. The van der Waals surface area contributed by atoms with E-state index in [0.29, 0.717) is 5.78 Å². The summed E-state index contributed by atoms with van der Waals surface area (Å²) in [5.74, 6) is 1.52. The van der Waals surface area contributed by atoms with Crippen molar-refractivity contribution in [3.05, 3.63) is 29.3 Å². The zero-order valence-electron chi connectivity index (χ0n) is 12.5. The van der Waals surface area contributed by atoms with Gasteiger partial charge in [-0.3, -0.25) is 4.79 Å². The third kappa shape index (κ3) is 2.61. The summed E-state index contributed by atoms with van der Waals surface area (Å²) in [5, 5.41) is 3.42. The van der Waals surface area contributed by atoms with E-state index in [2.05, 4.69) is 18.3 Å². The Morgan fingerprint density at radius 3 is 2.80 bits per heavy atom. The minimum Gasteiger partial charge on any atom is -0.385 e. The Balaban J connectivity index is 1.78. The predicted molar refractivity (Wildman–Crippen MR) is 83.3 cm³/mol. The van der Waals surface area contributed by atoms with E-state index >= 15 is 0 Å². The van der Waals surface area contributed by atoms with E-state index in [-0.39, 0.29) is 5.92 Å². The Kier molecular flexibility index (Phi) is 4.09. The van der Waals surface area contributed by atoms with Gasteiger partial charge in [0.15, 0.2) is 5.78 Å².